The van der Waals surface area contributed by atoms with Crippen LogP contribution in [0.2, 0.25) is 0 Å². The van der Waals surface area contributed by atoms with Gasteiger partial charge in [-0.15, -0.1) is 0 Å². The minimum atomic E-state index is -0.399. The van der Waals surface area contributed by atoms with Crippen LogP contribution in [-0.4, -0.2) is 10.9 Å². The molecule has 0 spiro atoms. The maximum atomic E-state index is 13.2. The van der Waals surface area contributed by atoms with Crippen LogP contribution < -0.4 is 10.9 Å². The van der Waals surface area contributed by atoms with E-state index in [0.717, 1.165) is 17.5 Å². The van der Waals surface area contributed by atoms with E-state index in [1.54, 1.807) is 12.1 Å². The fourth-order valence-electron chi connectivity index (χ4n) is 2.70. The molecule has 0 saturated carbocycles. The molecule has 4 nitrogen and oxygen atoms in total. The minimum absolute atomic E-state index is 0.150. The molecule has 0 saturated heterocycles. The number of rotatable bonds is 5. The maximum absolute atomic E-state index is 13.2. The zero-order chi connectivity index (χ0) is 17.8. The first kappa shape index (κ1) is 16.9. The van der Waals surface area contributed by atoms with E-state index in [9.17, 15) is 14.0 Å². The lowest BCUT2D eigenvalue weighted by atomic mass is 10.1. The molecule has 0 aliphatic rings. The van der Waals surface area contributed by atoms with Crippen molar-refractivity contribution in [3.05, 3.63) is 75.8 Å². The van der Waals surface area contributed by atoms with Crippen molar-refractivity contribution in [3.8, 4) is 0 Å². The molecule has 0 unspecified atom stereocenters. The lowest BCUT2D eigenvalue weighted by Crippen LogP contribution is -2.17. The first-order valence-electron chi connectivity index (χ1n) is 8.25. The van der Waals surface area contributed by atoms with Crippen LogP contribution in [0.4, 0.5) is 10.1 Å². The molecule has 0 aliphatic heterocycles. The van der Waals surface area contributed by atoms with E-state index in [0.29, 0.717) is 17.5 Å². The second-order valence-corrected chi connectivity index (χ2v) is 5.95. The molecule has 0 atom stereocenters. The molecule has 0 fully saturated rings. The van der Waals surface area contributed by atoms with E-state index in [2.05, 4.69) is 17.2 Å². The Hall–Kier alpha value is -2.95. The smallest absolute Gasteiger partial charge is 0.251 e. The van der Waals surface area contributed by atoms with Crippen LogP contribution in [0.1, 0.15) is 24.5 Å². The van der Waals surface area contributed by atoms with E-state index in [1.165, 1.54) is 17.7 Å². The van der Waals surface area contributed by atoms with Crippen LogP contribution in [0.25, 0.3) is 10.9 Å². The molecular weight excluding hydrogens is 319 g/mol. The molecule has 3 aromatic rings. The standard InChI is InChI=1S/C20H19FN2O2/c1-2-13-3-8-17(9-4-13)22-19(24)10-6-15-11-14-5-7-16(21)12-18(14)23-20(15)25/h3-5,7-9,11-12H,2,6,10H2,1H3,(H,22,24)(H,23,25). The summed E-state index contributed by atoms with van der Waals surface area (Å²) in [5, 5.41) is 3.57. The summed E-state index contributed by atoms with van der Waals surface area (Å²) in [6.07, 6.45) is 1.47. The Bertz CT molecular complexity index is 962. The molecule has 128 valence electrons. The van der Waals surface area contributed by atoms with Gasteiger partial charge in [0, 0.05) is 17.7 Å². The van der Waals surface area contributed by atoms with Crippen molar-refractivity contribution in [1.29, 1.82) is 0 Å². The summed E-state index contributed by atoms with van der Waals surface area (Å²) in [6.45, 7) is 2.07. The number of carbonyl (C=O) groups excluding carboxylic acids is 1. The molecule has 2 aromatic carbocycles. The van der Waals surface area contributed by atoms with Crippen molar-refractivity contribution < 1.29 is 9.18 Å². The zero-order valence-corrected chi connectivity index (χ0v) is 13.9. The van der Waals surface area contributed by atoms with Crippen molar-refractivity contribution in [1.82, 2.24) is 4.98 Å². The molecular formula is C20H19FN2O2. The summed E-state index contributed by atoms with van der Waals surface area (Å²) in [5.74, 6) is -0.549. The highest BCUT2D eigenvalue weighted by Crippen LogP contribution is 2.14. The average Bonchev–Trinajstić information content (AvgIpc) is 2.60. The van der Waals surface area contributed by atoms with E-state index >= 15 is 0 Å². The molecule has 1 heterocycles. The number of anilines is 1. The average molecular weight is 338 g/mol. The molecule has 5 heteroatoms. The largest absolute Gasteiger partial charge is 0.326 e. The van der Waals surface area contributed by atoms with Crippen LogP contribution >= 0.6 is 0 Å². The Morgan fingerprint density at radius 3 is 2.60 bits per heavy atom. The highest BCUT2D eigenvalue weighted by molar-refractivity contribution is 5.90. The summed E-state index contributed by atoms with van der Waals surface area (Å²) in [6, 6.07) is 13.6. The van der Waals surface area contributed by atoms with Gasteiger partial charge in [-0.25, -0.2) is 4.39 Å². The Balaban J connectivity index is 1.67. The number of carbonyl (C=O) groups is 1. The molecule has 1 amide bonds. The Labute approximate surface area is 144 Å². The predicted octanol–water partition coefficient (Wildman–Crippen LogP) is 3.80. The number of benzene rings is 2. The molecule has 25 heavy (non-hydrogen) atoms. The number of nitrogens with one attached hydrogen (secondary N) is 2. The molecule has 2 N–H and O–H groups in total. The lowest BCUT2D eigenvalue weighted by molar-refractivity contribution is -0.116. The van der Waals surface area contributed by atoms with Crippen LogP contribution in [0.5, 0.6) is 0 Å². The van der Waals surface area contributed by atoms with Crippen LogP contribution in [0.15, 0.2) is 53.3 Å². The van der Waals surface area contributed by atoms with E-state index in [1.807, 2.05) is 24.3 Å². The van der Waals surface area contributed by atoms with Gasteiger partial charge in [0.15, 0.2) is 0 Å². The number of aryl methyl sites for hydroxylation is 2. The van der Waals surface area contributed by atoms with Gasteiger partial charge in [0.05, 0.1) is 5.52 Å². The van der Waals surface area contributed by atoms with Crippen LogP contribution in [0, 0.1) is 5.82 Å². The van der Waals surface area contributed by atoms with Gasteiger partial charge >= 0.3 is 0 Å². The summed E-state index contributed by atoms with van der Waals surface area (Å²) < 4.78 is 13.2. The number of hydrogen-bond acceptors (Lipinski definition) is 2. The fraction of sp³-hybridized carbons (Fsp3) is 0.200. The highest BCUT2D eigenvalue weighted by atomic mass is 19.1. The van der Waals surface area contributed by atoms with Gasteiger partial charge in [-0.3, -0.25) is 9.59 Å². The van der Waals surface area contributed by atoms with Gasteiger partial charge in [0.25, 0.3) is 5.56 Å². The van der Waals surface area contributed by atoms with E-state index in [-0.39, 0.29) is 17.9 Å². The molecule has 3 rings (SSSR count). The van der Waals surface area contributed by atoms with Crippen molar-refractivity contribution >= 4 is 22.5 Å². The normalized spacial score (nSPS) is 10.8. The second kappa shape index (κ2) is 7.30. The third-order valence-corrected chi connectivity index (χ3v) is 4.15. The number of H-pyrrole nitrogens is 1. The molecule has 0 bridgehead atoms. The number of halogens is 1. The van der Waals surface area contributed by atoms with Crippen molar-refractivity contribution in [2.24, 2.45) is 0 Å². The number of pyridine rings is 1. The van der Waals surface area contributed by atoms with E-state index < -0.39 is 5.82 Å². The topological polar surface area (TPSA) is 62.0 Å². The third-order valence-electron chi connectivity index (χ3n) is 4.15. The van der Waals surface area contributed by atoms with Gasteiger partial charge in [0.1, 0.15) is 5.82 Å². The summed E-state index contributed by atoms with van der Waals surface area (Å²) >= 11 is 0. The Morgan fingerprint density at radius 1 is 1.12 bits per heavy atom. The number of amides is 1. The maximum Gasteiger partial charge on any atom is 0.251 e. The fourth-order valence-corrected chi connectivity index (χ4v) is 2.70. The molecule has 0 aliphatic carbocycles. The monoisotopic (exact) mass is 338 g/mol. The van der Waals surface area contributed by atoms with Gasteiger partial charge in [-0.2, -0.15) is 0 Å². The number of aromatic amines is 1. The van der Waals surface area contributed by atoms with Crippen molar-refractivity contribution in [3.63, 3.8) is 0 Å². The Morgan fingerprint density at radius 2 is 1.88 bits per heavy atom. The molecule has 0 radical (unpaired) electrons. The number of hydrogen-bond donors (Lipinski definition) is 2. The third kappa shape index (κ3) is 4.12. The SMILES string of the molecule is CCc1ccc(NC(=O)CCc2cc3ccc(F)cc3[nH]c2=O)cc1. The summed E-state index contributed by atoms with van der Waals surface area (Å²) in [7, 11) is 0. The van der Waals surface area contributed by atoms with Crippen LogP contribution in [-0.2, 0) is 17.6 Å². The van der Waals surface area contributed by atoms with Gasteiger partial charge < -0.3 is 10.3 Å². The minimum Gasteiger partial charge on any atom is -0.326 e. The second-order valence-electron chi connectivity index (χ2n) is 5.95. The van der Waals surface area contributed by atoms with Gasteiger partial charge in [-0.1, -0.05) is 19.1 Å². The van der Waals surface area contributed by atoms with Crippen LogP contribution in [0.3, 0.4) is 0 Å². The van der Waals surface area contributed by atoms with Gasteiger partial charge in [-0.05, 0) is 60.2 Å². The Kier molecular flexibility index (Phi) is 4.93. The summed E-state index contributed by atoms with van der Waals surface area (Å²) in [4.78, 5) is 26.8. The van der Waals surface area contributed by atoms with Crippen molar-refractivity contribution in [2.75, 3.05) is 5.32 Å². The van der Waals surface area contributed by atoms with E-state index in [4.69, 9.17) is 0 Å². The van der Waals surface area contributed by atoms with Gasteiger partial charge in [0.2, 0.25) is 5.91 Å². The zero-order valence-electron chi connectivity index (χ0n) is 13.9. The van der Waals surface area contributed by atoms with Crippen molar-refractivity contribution in [2.45, 2.75) is 26.2 Å². The first-order chi connectivity index (χ1) is 12.0. The lowest BCUT2D eigenvalue weighted by Gasteiger charge is -2.07. The quantitative estimate of drug-likeness (QED) is 0.743. The summed E-state index contributed by atoms with van der Waals surface area (Å²) in [5.41, 5.74) is 2.62. The number of fused-ring (bicyclic) bond motifs is 1. The predicted molar refractivity (Wildman–Crippen MR) is 97.3 cm³/mol. The molecule has 1 aromatic heterocycles. The highest BCUT2D eigenvalue weighted by Gasteiger charge is 2.08. The first-order valence-corrected chi connectivity index (χ1v) is 8.25. The number of aromatic nitrogens is 1.